The number of hydrogen-bond donors (Lipinski definition) is 0. The van der Waals surface area contributed by atoms with Crippen LogP contribution in [0.1, 0.15) is 22.3 Å². The van der Waals surface area contributed by atoms with E-state index < -0.39 is 7.92 Å². The lowest BCUT2D eigenvalue weighted by molar-refractivity contribution is 0.415. The summed E-state index contributed by atoms with van der Waals surface area (Å²) in [6.07, 6.45) is 6.20. The van der Waals surface area contributed by atoms with Crippen molar-refractivity contribution in [2.75, 3.05) is 7.11 Å². The lowest BCUT2D eigenvalue weighted by atomic mass is 10.1. The second kappa shape index (κ2) is 13.1. The van der Waals surface area contributed by atoms with Crippen molar-refractivity contribution in [3.8, 4) is 11.5 Å². The number of hydrogen-bond acceptors (Lipinski definition) is 2. The standard InChI is InChI=1S/C37H33O2P/c1-28-20-24-30(25-21-28)12-10-17-34(31-26-22-29(2)23-27-31)39-36-19-11-18-35(38-3)37(36)40(32-13-6-4-7-14-32)33-15-8-5-9-16-33/h4-27H,1-3H3. The number of ether oxygens (including phenoxy) is 2. The van der Waals surface area contributed by atoms with E-state index in [2.05, 4.69) is 135 Å². The molecule has 5 rings (SSSR count). The predicted octanol–water partition coefficient (Wildman–Crippen LogP) is 8.20. The van der Waals surface area contributed by atoms with Gasteiger partial charge in [0.15, 0.2) is 0 Å². The zero-order chi connectivity index (χ0) is 27.7. The molecule has 0 aliphatic heterocycles. The molecule has 0 saturated carbocycles. The third kappa shape index (κ3) is 6.60. The fourth-order valence-corrected chi connectivity index (χ4v) is 6.96. The molecule has 0 heterocycles. The summed E-state index contributed by atoms with van der Waals surface area (Å²) >= 11 is 0. The van der Waals surface area contributed by atoms with E-state index in [1.807, 2.05) is 24.3 Å². The highest BCUT2D eigenvalue weighted by atomic mass is 31.1. The molecule has 0 saturated heterocycles. The van der Waals surface area contributed by atoms with Gasteiger partial charge in [0.2, 0.25) is 0 Å². The summed E-state index contributed by atoms with van der Waals surface area (Å²) in [6, 6.07) is 44.3. The fraction of sp³-hybridized carbons (Fsp3) is 0.0811. The molecule has 5 aromatic carbocycles. The van der Waals surface area contributed by atoms with Crippen molar-refractivity contribution >= 4 is 35.7 Å². The van der Waals surface area contributed by atoms with Gasteiger partial charge in [-0.25, -0.2) is 0 Å². The van der Waals surface area contributed by atoms with Crippen molar-refractivity contribution < 1.29 is 9.47 Å². The Morgan fingerprint density at radius 1 is 0.600 bits per heavy atom. The lowest BCUT2D eigenvalue weighted by Crippen LogP contribution is -2.23. The molecule has 0 aliphatic rings. The van der Waals surface area contributed by atoms with Gasteiger partial charge in [-0.05, 0) is 56.2 Å². The monoisotopic (exact) mass is 540 g/mol. The van der Waals surface area contributed by atoms with Gasteiger partial charge >= 0.3 is 0 Å². The first-order chi connectivity index (χ1) is 19.6. The molecule has 0 atom stereocenters. The Morgan fingerprint density at radius 3 is 1.73 bits per heavy atom. The van der Waals surface area contributed by atoms with Gasteiger partial charge in [-0.3, -0.25) is 0 Å². The third-order valence-electron chi connectivity index (χ3n) is 6.60. The van der Waals surface area contributed by atoms with Crippen LogP contribution in [0.5, 0.6) is 11.5 Å². The summed E-state index contributed by atoms with van der Waals surface area (Å²) in [5, 5.41) is 3.52. The molecule has 5 aromatic rings. The summed E-state index contributed by atoms with van der Waals surface area (Å²) < 4.78 is 12.8. The quantitative estimate of drug-likeness (QED) is 0.107. The smallest absolute Gasteiger partial charge is 0.139 e. The van der Waals surface area contributed by atoms with Crippen LogP contribution in [0.3, 0.4) is 0 Å². The van der Waals surface area contributed by atoms with E-state index in [1.165, 1.54) is 21.7 Å². The zero-order valence-electron chi connectivity index (χ0n) is 23.1. The van der Waals surface area contributed by atoms with E-state index >= 15 is 0 Å². The molecule has 0 spiro atoms. The summed E-state index contributed by atoms with van der Waals surface area (Å²) in [6.45, 7) is 4.20. The summed E-state index contributed by atoms with van der Waals surface area (Å²) in [4.78, 5) is 0. The molecular weight excluding hydrogens is 507 g/mol. The molecule has 2 nitrogen and oxygen atoms in total. The van der Waals surface area contributed by atoms with Crippen LogP contribution in [0.15, 0.2) is 140 Å². The summed E-state index contributed by atoms with van der Waals surface area (Å²) in [5.41, 5.74) is 4.60. The number of methoxy groups -OCH3 is 1. The van der Waals surface area contributed by atoms with Gasteiger partial charge < -0.3 is 9.47 Å². The van der Waals surface area contributed by atoms with Crippen LogP contribution in [0.25, 0.3) is 11.8 Å². The van der Waals surface area contributed by atoms with Gasteiger partial charge in [-0.2, -0.15) is 0 Å². The molecule has 0 aromatic heterocycles. The third-order valence-corrected chi connectivity index (χ3v) is 9.12. The van der Waals surface area contributed by atoms with Gasteiger partial charge in [0, 0.05) is 5.56 Å². The normalized spacial score (nSPS) is 11.7. The fourth-order valence-electron chi connectivity index (χ4n) is 4.48. The van der Waals surface area contributed by atoms with Crippen molar-refractivity contribution in [2.45, 2.75) is 13.8 Å². The largest absolute Gasteiger partial charge is 0.496 e. The molecular formula is C37H33O2P. The van der Waals surface area contributed by atoms with Crippen LogP contribution in [0, 0.1) is 13.8 Å². The zero-order valence-corrected chi connectivity index (χ0v) is 24.0. The number of benzene rings is 5. The minimum atomic E-state index is -0.945. The van der Waals surface area contributed by atoms with Gasteiger partial charge in [-0.15, -0.1) is 0 Å². The van der Waals surface area contributed by atoms with Crippen LogP contribution in [-0.2, 0) is 0 Å². The molecule has 0 fully saturated rings. The average Bonchev–Trinajstić information content (AvgIpc) is 3.00. The molecule has 0 amide bonds. The van der Waals surface area contributed by atoms with Gasteiger partial charge in [0.25, 0.3) is 0 Å². The van der Waals surface area contributed by atoms with Gasteiger partial charge in [0.05, 0.1) is 12.4 Å². The molecule has 0 unspecified atom stereocenters. The maximum absolute atomic E-state index is 6.84. The van der Waals surface area contributed by atoms with Gasteiger partial charge in [-0.1, -0.05) is 139 Å². The van der Waals surface area contributed by atoms with Crippen molar-refractivity contribution in [3.05, 3.63) is 162 Å². The maximum atomic E-state index is 6.84. The molecule has 40 heavy (non-hydrogen) atoms. The highest BCUT2D eigenvalue weighted by Gasteiger charge is 2.25. The van der Waals surface area contributed by atoms with E-state index in [4.69, 9.17) is 9.47 Å². The first-order valence-corrected chi connectivity index (χ1v) is 14.7. The van der Waals surface area contributed by atoms with Crippen molar-refractivity contribution in [2.24, 2.45) is 0 Å². The Morgan fingerprint density at radius 2 is 1.15 bits per heavy atom. The minimum Gasteiger partial charge on any atom is -0.496 e. The summed E-state index contributed by atoms with van der Waals surface area (Å²) in [7, 11) is 0.784. The Hall–Kier alpha value is -4.39. The predicted molar refractivity (Wildman–Crippen MR) is 172 cm³/mol. The minimum absolute atomic E-state index is 0.772. The van der Waals surface area contributed by atoms with Crippen molar-refractivity contribution in [3.63, 3.8) is 0 Å². The number of allylic oxidation sites excluding steroid dienone is 2. The molecule has 198 valence electrons. The first-order valence-electron chi connectivity index (χ1n) is 13.4. The number of rotatable bonds is 9. The SMILES string of the molecule is COc1cccc(OC(=CC=Cc2ccc(C)cc2)c2ccc(C)cc2)c1P(c1ccccc1)c1ccccc1. The molecule has 0 N–H and O–H groups in total. The van der Waals surface area contributed by atoms with Gasteiger partial charge in [0.1, 0.15) is 17.3 Å². The topological polar surface area (TPSA) is 18.5 Å². The second-order valence-electron chi connectivity index (χ2n) is 9.58. The van der Waals surface area contributed by atoms with Crippen LogP contribution in [0.4, 0.5) is 0 Å². The van der Waals surface area contributed by atoms with E-state index in [-0.39, 0.29) is 0 Å². The molecule has 0 radical (unpaired) electrons. The second-order valence-corrected chi connectivity index (χ2v) is 11.7. The van der Waals surface area contributed by atoms with E-state index in [0.717, 1.165) is 33.7 Å². The van der Waals surface area contributed by atoms with Crippen LogP contribution in [-0.4, -0.2) is 7.11 Å². The summed E-state index contributed by atoms with van der Waals surface area (Å²) in [5.74, 6) is 2.37. The van der Waals surface area contributed by atoms with Crippen molar-refractivity contribution in [1.82, 2.24) is 0 Å². The first kappa shape index (κ1) is 27.2. The molecule has 0 aliphatic carbocycles. The lowest BCUT2D eigenvalue weighted by Gasteiger charge is -2.24. The Kier molecular flexibility index (Phi) is 8.91. The Labute approximate surface area is 239 Å². The van der Waals surface area contributed by atoms with Crippen LogP contribution < -0.4 is 25.4 Å². The highest BCUT2D eigenvalue weighted by Crippen LogP contribution is 2.41. The van der Waals surface area contributed by atoms with E-state index in [1.54, 1.807) is 7.11 Å². The maximum Gasteiger partial charge on any atom is 0.139 e. The van der Waals surface area contributed by atoms with Crippen LogP contribution >= 0.6 is 7.92 Å². The van der Waals surface area contributed by atoms with E-state index in [9.17, 15) is 0 Å². The molecule has 0 bridgehead atoms. The van der Waals surface area contributed by atoms with Crippen LogP contribution in [0.2, 0.25) is 0 Å². The highest BCUT2D eigenvalue weighted by molar-refractivity contribution is 7.80. The van der Waals surface area contributed by atoms with Crippen molar-refractivity contribution in [1.29, 1.82) is 0 Å². The average molecular weight is 541 g/mol. The Bertz CT molecular complexity index is 1550. The van der Waals surface area contributed by atoms with E-state index in [0.29, 0.717) is 0 Å². The number of aryl methyl sites for hydroxylation is 2. The Balaban J connectivity index is 1.62. The molecule has 3 heteroatoms.